The van der Waals surface area contributed by atoms with Gasteiger partial charge < -0.3 is 10.6 Å². The van der Waals surface area contributed by atoms with Gasteiger partial charge in [-0.05, 0) is 53.5 Å². The summed E-state index contributed by atoms with van der Waals surface area (Å²) in [5, 5.41) is 3.44. The van der Waals surface area contributed by atoms with E-state index < -0.39 is 0 Å². The minimum Gasteiger partial charge on any atom is -0.341 e. The first-order valence-corrected chi connectivity index (χ1v) is 8.99. The molecule has 116 valence electrons. The SMILES string of the molecule is CN(Cc1csc2ccccc12)C(=O)C1C2CCC(C2)C1N. The summed E-state index contributed by atoms with van der Waals surface area (Å²) in [6, 6.07) is 8.48. The van der Waals surface area contributed by atoms with Crippen LogP contribution in [0, 0.1) is 17.8 Å². The van der Waals surface area contributed by atoms with E-state index in [1.54, 1.807) is 11.3 Å². The zero-order valence-corrected chi connectivity index (χ0v) is 13.7. The third-order valence-electron chi connectivity index (χ3n) is 5.61. The molecule has 1 aromatic carbocycles. The molecule has 0 spiro atoms. The Morgan fingerprint density at radius 3 is 2.86 bits per heavy atom. The Morgan fingerprint density at radius 2 is 2.09 bits per heavy atom. The number of hydrogen-bond donors (Lipinski definition) is 1. The number of carbonyl (C=O) groups excluding carboxylic acids is 1. The summed E-state index contributed by atoms with van der Waals surface area (Å²) in [6.07, 6.45) is 3.56. The van der Waals surface area contributed by atoms with Crippen LogP contribution in [-0.2, 0) is 11.3 Å². The second-order valence-corrected chi connectivity index (χ2v) is 7.80. The lowest BCUT2D eigenvalue weighted by Gasteiger charge is -2.30. The van der Waals surface area contributed by atoms with Crippen LogP contribution in [0.3, 0.4) is 0 Å². The highest BCUT2D eigenvalue weighted by Crippen LogP contribution is 2.48. The second kappa shape index (κ2) is 5.36. The van der Waals surface area contributed by atoms with Gasteiger partial charge in [0, 0.05) is 24.3 Å². The highest BCUT2D eigenvalue weighted by atomic mass is 32.1. The van der Waals surface area contributed by atoms with Crippen LogP contribution in [-0.4, -0.2) is 23.9 Å². The van der Waals surface area contributed by atoms with Crippen molar-refractivity contribution in [3.05, 3.63) is 35.2 Å². The fourth-order valence-corrected chi connectivity index (χ4v) is 5.40. The van der Waals surface area contributed by atoms with Crippen LogP contribution < -0.4 is 5.73 Å². The van der Waals surface area contributed by atoms with E-state index in [1.807, 2.05) is 11.9 Å². The van der Waals surface area contributed by atoms with Gasteiger partial charge in [-0.25, -0.2) is 0 Å². The first kappa shape index (κ1) is 14.2. The van der Waals surface area contributed by atoms with E-state index in [0.717, 1.165) is 6.42 Å². The Hall–Kier alpha value is -1.39. The number of nitrogens with two attached hydrogens (primary N) is 1. The third-order valence-corrected chi connectivity index (χ3v) is 6.62. The summed E-state index contributed by atoms with van der Waals surface area (Å²) in [7, 11) is 1.92. The molecule has 1 amide bonds. The fraction of sp³-hybridized carbons (Fsp3) is 0.500. The smallest absolute Gasteiger partial charge is 0.227 e. The molecule has 4 heteroatoms. The molecule has 4 rings (SSSR count). The molecule has 0 aliphatic heterocycles. The number of benzene rings is 1. The third kappa shape index (κ3) is 2.17. The number of nitrogens with zero attached hydrogens (tertiary/aromatic N) is 1. The van der Waals surface area contributed by atoms with E-state index >= 15 is 0 Å². The molecule has 3 nitrogen and oxygen atoms in total. The lowest BCUT2D eigenvalue weighted by atomic mass is 9.84. The van der Waals surface area contributed by atoms with E-state index in [0.29, 0.717) is 18.4 Å². The van der Waals surface area contributed by atoms with Gasteiger partial charge in [0.2, 0.25) is 5.91 Å². The maximum Gasteiger partial charge on any atom is 0.227 e. The van der Waals surface area contributed by atoms with E-state index in [1.165, 1.54) is 28.5 Å². The first-order valence-electron chi connectivity index (χ1n) is 8.11. The Kier molecular flexibility index (Phi) is 3.46. The van der Waals surface area contributed by atoms with E-state index in [4.69, 9.17) is 5.73 Å². The van der Waals surface area contributed by atoms with Crippen LogP contribution >= 0.6 is 11.3 Å². The highest BCUT2D eigenvalue weighted by Gasteiger charge is 2.49. The molecule has 4 unspecified atom stereocenters. The second-order valence-electron chi connectivity index (χ2n) is 6.89. The molecule has 2 aliphatic carbocycles. The molecule has 1 aromatic heterocycles. The van der Waals surface area contributed by atoms with Gasteiger partial charge in [-0.3, -0.25) is 4.79 Å². The van der Waals surface area contributed by atoms with Crippen molar-refractivity contribution in [1.82, 2.24) is 4.90 Å². The van der Waals surface area contributed by atoms with Crippen LogP contribution in [0.15, 0.2) is 29.6 Å². The molecule has 2 bridgehead atoms. The maximum absolute atomic E-state index is 12.9. The normalized spacial score (nSPS) is 30.1. The van der Waals surface area contributed by atoms with Gasteiger partial charge in [-0.15, -0.1) is 11.3 Å². The number of amides is 1. The standard InChI is InChI=1S/C18H22N2OS/c1-20(9-13-10-22-15-5-3-2-4-14(13)15)18(21)16-11-6-7-12(8-11)17(16)19/h2-5,10-12,16-17H,6-9,19H2,1H3. The summed E-state index contributed by atoms with van der Waals surface area (Å²) in [4.78, 5) is 14.7. The molecule has 2 saturated carbocycles. The van der Waals surface area contributed by atoms with E-state index in [9.17, 15) is 4.79 Å². The summed E-state index contributed by atoms with van der Waals surface area (Å²) in [5.74, 6) is 1.40. The Balaban J connectivity index is 1.52. The van der Waals surface area contributed by atoms with Crippen molar-refractivity contribution >= 4 is 27.3 Å². The molecule has 2 N–H and O–H groups in total. The van der Waals surface area contributed by atoms with Crippen LogP contribution in [0.5, 0.6) is 0 Å². The molecule has 0 radical (unpaired) electrons. The average molecular weight is 314 g/mol. The van der Waals surface area contributed by atoms with Gasteiger partial charge in [0.1, 0.15) is 0 Å². The predicted octanol–water partition coefficient (Wildman–Crippen LogP) is 3.23. The Labute approximate surface area is 135 Å². The van der Waals surface area contributed by atoms with Gasteiger partial charge in [0.15, 0.2) is 0 Å². The Morgan fingerprint density at radius 1 is 1.32 bits per heavy atom. The molecule has 2 aliphatic rings. The molecule has 0 saturated heterocycles. The largest absolute Gasteiger partial charge is 0.341 e. The first-order chi connectivity index (χ1) is 10.6. The predicted molar refractivity (Wildman–Crippen MR) is 90.6 cm³/mol. The number of carbonyl (C=O) groups is 1. The number of hydrogen-bond acceptors (Lipinski definition) is 3. The minimum atomic E-state index is 0.0497. The summed E-state index contributed by atoms with van der Waals surface area (Å²) in [5.41, 5.74) is 7.57. The van der Waals surface area contributed by atoms with E-state index in [-0.39, 0.29) is 17.9 Å². The number of rotatable bonds is 3. The number of fused-ring (bicyclic) bond motifs is 3. The zero-order chi connectivity index (χ0) is 15.3. The van der Waals surface area contributed by atoms with Crippen molar-refractivity contribution in [2.45, 2.75) is 31.8 Å². The van der Waals surface area contributed by atoms with Crippen LogP contribution in [0.1, 0.15) is 24.8 Å². The quantitative estimate of drug-likeness (QED) is 0.945. The fourth-order valence-electron chi connectivity index (χ4n) is 4.45. The highest BCUT2D eigenvalue weighted by molar-refractivity contribution is 7.17. The van der Waals surface area contributed by atoms with Gasteiger partial charge in [0.25, 0.3) is 0 Å². The molecular weight excluding hydrogens is 292 g/mol. The molecule has 2 aromatic rings. The lowest BCUT2D eigenvalue weighted by Crippen LogP contribution is -2.45. The molecule has 22 heavy (non-hydrogen) atoms. The van der Waals surface area contributed by atoms with Crippen molar-refractivity contribution in [2.24, 2.45) is 23.5 Å². The molecule has 4 atom stereocenters. The van der Waals surface area contributed by atoms with Crippen molar-refractivity contribution in [2.75, 3.05) is 7.05 Å². The molecule has 2 fully saturated rings. The van der Waals surface area contributed by atoms with Gasteiger partial charge in [-0.2, -0.15) is 0 Å². The van der Waals surface area contributed by atoms with Crippen molar-refractivity contribution in [3.63, 3.8) is 0 Å². The zero-order valence-electron chi connectivity index (χ0n) is 12.9. The summed E-state index contributed by atoms with van der Waals surface area (Å²) < 4.78 is 1.29. The lowest BCUT2D eigenvalue weighted by molar-refractivity contribution is -0.136. The summed E-state index contributed by atoms with van der Waals surface area (Å²) >= 11 is 1.75. The average Bonchev–Trinajstić information content (AvgIpc) is 3.22. The van der Waals surface area contributed by atoms with Gasteiger partial charge >= 0.3 is 0 Å². The van der Waals surface area contributed by atoms with Crippen LogP contribution in [0.4, 0.5) is 0 Å². The van der Waals surface area contributed by atoms with Crippen molar-refractivity contribution < 1.29 is 4.79 Å². The molecular formula is C18H22N2OS. The summed E-state index contributed by atoms with van der Waals surface area (Å²) in [6.45, 7) is 0.684. The van der Waals surface area contributed by atoms with Gasteiger partial charge in [0.05, 0.1) is 5.92 Å². The maximum atomic E-state index is 12.9. The van der Waals surface area contributed by atoms with Crippen molar-refractivity contribution in [1.29, 1.82) is 0 Å². The van der Waals surface area contributed by atoms with Crippen LogP contribution in [0.25, 0.3) is 10.1 Å². The van der Waals surface area contributed by atoms with Crippen LogP contribution in [0.2, 0.25) is 0 Å². The topological polar surface area (TPSA) is 46.3 Å². The number of thiophene rings is 1. The molecule has 1 heterocycles. The van der Waals surface area contributed by atoms with E-state index in [2.05, 4.69) is 29.6 Å². The minimum absolute atomic E-state index is 0.0497. The van der Waals surface area contributed by atoms with Crippen molar-refractivity contribution in [3.8, 4) is 0 Å². The van der Waals surface area contributed by atoms with Gasteiger partial charge in [-0.1, -0.05) is 18.2 Å². The monoisotopic (exact) mass is 314 g/mol. The Bertz CT molecular complexity index is 708.